The van der Waals surface area contributed by atoms with Crippen LogP contribution in [0.15, 0.2) is 42.0 Å². The van der Waals surface area contributed by atoms with Crippen LogP contribution in [0.5, 0.6) is 0 Å². The van der Waals surface area contributed by atoms with E-state index in [9.17, 15) is 0 Å². The molecule has 2 aromatic rings. The molecule has 0 spiro atoms. The summed E-state index contributed by atoms with van der Waals surface area (Å²) in [5, 5.41) is 7.75. The summed E-state index contributed by atoms with van der Waals surface area (Å²) in [6.45, 7) is 7.35. The Labute approximate surface area is 120 Å². The van der Waals surface area contributed by atoms with Crippen LogP contribution in [-0.2, 0) is 6.42 Å². The van der Waals surface area contributed by atoms with E-state index in [2.05, 4.69) is 58.5 Å². The quantitative estimate of drug-likeness (QED) is 0.444. The zero-order valence-electron chi connectivity index (χ0n) is 12.2. The normalized spacial score (nSPS) is 11.6. The lowest BCUT2D eigenvalue weighted by molar-refractivity contribution is 0.824. The molecule has 0 aliphatic heterocycles. The lowest BCUT2D eigenvalue weighted by atomic mass is 10.1. The number of nitrogens with one attached hydrogen (secondary N) is 3. The lowest BCUT2D eigenvalue weighted by Gasteiger charge is -2.09. The van der Waals surface area contributed by atoms with Crippen LogP contribution in [-0.4, -0.2) is 31.1 Å². The first-order valence-corrected chi connectivity index (χ1v) is 6.86. The third-order valence-electron chi connectivity index (χ3n) is 3.25. The van der Waals surface area contributed by atoms with Crippen LogP contribution in [0.2, 0.25) is 0 Å². The Kier molecular flexibility index (Phi) is 4.82. The largest absolute Gasteiger partial charge is 0.361 e. The van der Waals surface area contributed by atoms with Gasteiger partial charge >= 0.3 is 0 Å². The molecule has 106 valence electrons. The van der Waals surface area contributed by atoms with Crippen LogP contribution in [0.3, 0.4) is 0 Å². The van der Waals surface area contributed by atoms with Crippen LogP contribution in [0.1, 0.15) is 11.1 Å². The summed E-state index contributed by atoms with van der Waals surface area (Å²) < 4.78 is 0. The number of rotatable bonds is 5. The predicted molar refractivity (Wildman–Crippen MR) is 86.3 cm³/mol. The molecular formula is C16H22N4. The Morgan fingerprint density at radius 2 is 2.25 bits per heavy atom. The van der Waals surface area contributed by atoms with Crippen LogP contribution in [0.4, 0.5) is 0 Å². The molecule has 0 fully saturated rings. The van der Waals surface area contributed by atoms with Gasteiger partial charge in [-0.3, -0.25) is 4.99 Å². The summed E-state index contributed by atoms with van der Waals surface area (Å²) in [7, 11) is 1.77. The number of hydrogen-bond acceptors (Lipinski definition) is 1. The van der Waals surface area contributed by atoms with Gasteiger partial charge in [0.15, 0.2) is 5.96 Å². The van der Waals surface area contributed by atoms with E-state index in [1.807, 2.05) is 6.08 Å². The summed E-state index contributed by atoms with van der Waals surface area (Å²) in [5.41, 5.74) is 3.80. The van der Waals surface area contributed by atoms with Gasteiger partial charge in [-0.05, 0) is 30.5 Å². The van der Waals surface area contributed by atoms with Crippen LogP contribution in [0, 0.1) is 6.92 Å². The molecule has 0 aliphatic rings. The highest BCUT2D eigenvalue weighted by Crippen LogP contribution is 2.19. The number of guanidine groups is 1. The minimum atomic E-state index is 0.714. The van der Waals surface area contributed by atoms with E-state index >= 15 is 0 Å². The fourth-order valence-corrected chi connectivity index (χ4v) is 2.21. The number of aromatic amines is 1. The van der Waals surface area contributed by atoms with Gasteiger partial charge in [-0.15, -0.1) is 6.58 Å². The second-order valence-corrected chi connectivity index (χ2v) is 4.78. The number of benzene rings is 1. The SMILES string of the molecule is C=CCNC(=NC)NCCc1c[nH]c2cc(C)ccc12. The Morgan fingerprint density at radius 3 is 3.00 bits per heavy atom. The van der Waals surface area contributed by atoms with Gasteiger partial charge in [0.25, 0.3) is 0 Å². The molecule has 0 aliphatic carbocycles. The molecule has 1 aromatic carbocycles. The average molecular weight is 270 g/mol. The highest BCUT2D eigenvalue weighted by molar-refractivity contribution is 5.84. The third kappa shape index (κ3) is 3.41. The van der Waals surface area contributed by atoms with Crippen molar-refractivity contribution in [3.63, 3.8) is 0 Å². The van der Waals surface area contributed by atoms with Crippen molar-refractivity contribution in [1.29, 1.82) is 0 Å². The maximum Gasteiger partial charge on any atom is 0.191 e. The zero-order chi connectivity index (χ0) is 14.4. The van der Waals surface area contributed by atoms with Gasteiger partial charge in [0.2, 0.25) is 0 Å². The Bertz CT molecular complexity index is 610. The number of fused-ring (bicyclic) bond motifs is 1. The van der Waals surface area contributed by atoms with Crippen molar-refractivity contribution in [1.82, 2.24) is 15.6 Å². The summed E-state index contributed by atoms with van der Waals surface area (Å²) in [4.78, 5) is 7.49. The monoisotopic (exact) mass is 270 g/mol. The molecule has 3 N–H and O–H groups in total. The first kappa shape index (κ1) is 14.2. The van der Waals surface area contributed by atoms with Crippen molar-refractivity contribution in [2.75, 3.05) is 20.1 Å². The van der Waals surface area contributed by atoms with Gasteiger partial charge < -0.3 is 15.6 Å². The third-order valence-corrected chi connectivity index (χ3v) is 3.25. The number of aryl methyl sites for hydroxylation is 1. The molecule has 0 bridgehead atoms. The highest BCUT2D eigenvalue weighted by Gasteiger charge is 2.04. The number of hydrogen-bond donors (Lipinski definition) is 3. The first-order chi connectivity index (χ1) is 9.74. The standard InChI is InChI=1S/C16H22N4/c1-4-8-18-16(17-3)19-9-7-13-11-20-15-10-12(2)5-6-14(13)15/h4-6,10-11,20H,1,7-9H2,2-3H3,(H2,17,18,19). The molecule has 0 unspecified atom stereocenters. The molecule has 0 amide bonds. The van der Waals surface area contributed by atoms with Crippen molar-refractivity contribution in [3.8, 4) is 0 Å². The molecule has 1 heterocycles. The molecule has 0 saturated heterocycles. The van der Waals surface area contributed by atoms with Gasteiger partial charge in [-0.1, -0.05) is 18.2 Å². The molecule has 4 heteroatoms. The summed E-state index contributed by atoms with van der Waals surface area (Å²) in [5.74, 6) is 0.806. The van der Waals surface area contributed by atoms with Gasteiger partial charge in [0.1, 0.15) is 0 Å². The van der Waals surface area contributed by atoms with Gasteiger partial charge in [0.05, 0.1) is 0 Å². The average Bonchev–Trinajstić information content (AvgIpc) is 2.85. The van der Waals surface area contributed by atoms with Crippen molar-refractivity contribution >= 4 is 16.9 Å². The number of nitrogens with zero attached hydrogens (tertiary/aromatic N) is 1. The maximum absolute atomic E-state index is 4.16. The van der Waals surface area contributed by atoms with E-state index in [0.717, 1.165) is 18.9 Å². The Hall–Kier alpha value is -2.23. The second kappa shape index (κ2) is 6.80. The van der Waals surface area contributed by atoms with Crippen molar-refractivity contribution < 1.29 is 0 Å². The summed E-state index contributed by atoms with van der Waals surface area (Å²) in [6, 6.07) is 6.51. The molecule has 4 nitrogen and oxygen atoms in total. The fraction of sp³-hybridized carbons (Fsp3) is 0.312. The van der Waals surface area contributed by atoms with E-state index in [0.29, 0.717) is 6.54 Å². The highest BCUT2D eigenvalue weighted by atomic mass is 15.2. The van der Waals surface area contributed by atoms with Crippen LogP contribution < -0.4 is 10.6 Å². The van der Waals surface area contributed by atoms with Crippen molar-refractivity contribution in [2.24, 2.45) is 4.99 Å². The van der Waals surface area contributed by atoms with Crippen molar-refractivity contribution in [2.45, 2.75) is 13.3 Å². The van der Waals surface area contributed by atoms with Crippen LogP contribution >= 0.6 is 0 Å². The van der Waals surface area contributed by atoms with Crippen LogP contribution in [0.25, 0.3) is 10.9 Å². The number of aromatic nitrogens is 1. The molecule has 0 atom stereocenters. The first-order valence-electron chi connectivity index (χ1n) is 6.86. The second-order valence-electron chi connectivity index (χ2n) is 4.78. The van der Waals surface area contributed by atoms with Gasteiger partial charge in [0, 0.05) is 37.2 Å². The molecule has 2 rings (SSSR count). The fourth-order valence-electron chi connectivity index (χ4n) is 2.21. The van der Waals surface area contributed by atoms with Gasteiger partial charge in [-0.2, -0.15) is 0 Å². The van der Waals surface area contributed by atoms with E-state index in [4.69, 9.17) is 0 Å². The van der Waals surface area contributed by atoms with E-state index in [-0.39, 0.29) is 0 Å². The molecule has 20 heavy (non-hydrogen) atoms. The topological polar surface area (TPSA) is 52.2 Å². The van der Waals surface area contributed by atoms with Gasteiger partial charge in [-0.25, -0.2) is 0 Å². The van der Waals surface area contributed by atoms with E-state index < -0.39 is 0 Å². The summed E-state index contributed by atoms with van der Waals surface area (Å²) >= 11 is 0. The maximum atomic E-state index is 4.16. The Morgan fingerprint density at radius 1 is 1.40 bits per heavy atom. The number of aliphatic imine (C=N–C) groups is 1. The summed E-state index contributed by atoms with van der Waals surface area (Å²) in [6.07, 6.45) is 4.86. The van der Waals surface area contributed by atoms with Crippen molar-refractivity contribution in [3.05, 3.63) is 48.2 Å². The van der Waals surface area contributed by atoms with E-state index in [1.165, 1.54) is 22.0 Å². The lowest BCUT2D eigenvalue weighted by Crippen LogP contribution is -2.38. The molecule has 1 aromatic heterocycles. The zero-order valence-corrected chi connectivity index (χ0v) is 12.2. The molecule has 0 saturated carbocycles. The minimum Gasteiger partial charge on any atom is -0.361 e. The smallest absolute Gasteiger partial charge is 0.191 e. The Balaban J connectivity index is 1.94. The minimum absolute atomic E-state index is 0.714. The predicted octanol–water partition coefficient (Wildman–Crippen LogP) is 2.37. The number of H-pyrrole nitrogens is 1. The molecular weight excluding hydrogens is 248 g/mol. The van der Waals surface area contributed by atoms with E-state index in [1.54, 1.807) is 7.05 Å². The molecule has 0 radical (unpaired) electrons.